The highest BCUT2D eigenvalue weighted by Crippen LogP contribution is 2.39. The first-order chi connectivity index (χ1) is 24.8. The van der Waals surface area contributed by atoms with Crippen LogP contribution in [0.2, 0.25) is 0 Å². The fourth-order valence-electron chi connectivity index (χ4n) is 6.12. The van der Waals surface area contributed by atoms with Crippen molar-refractivity contribution in [3.8, 4) is 34.2 Å². The Labute approximate surface area is 278 Å². The second-order valence-electron chi connectivity index (χ2n) is 12.7. The number of hydrogen-bond acceptors (Lipinski definition) is 7. The molecule has 7 nitrogen and oxygen atoms in total. The number of para-hydroxylation sites is 1. The maximum Gasteiger partial charge on any atom is 0.494 e. The summed E-state index contributed by atoms with van der Waals surface area (Å²) in [5.74, 6) is 0.427. The minimum atomic E-state index is -0.529. The lowest BCUT2D eigenvalue weighted by Gasteiger charge is -2.32. The van der Waals surface area contributed by atoms with Gasteiger partial charge in [-0.15, -0.1) is 0 Å². The molecule has 8 aromatic rings. The molecule has 0 unspecified atom stereocenters. The fraction of sp³-hybridized carbons (Fsp3) is 0.154. The normalized spacial score (nSPS) is 17.3. The van der Waals surface area contributed by atoms with Crippen molar-refractivity contribution < 1.29 is 25.0 Å². The Morgan fingerprint density at radius 2 is 1.26 bits per heavy atom. The molecule has 8 heteroatoms. The topological polar surface area (TPSA) is 83.4 Å². The van der Waals surface area contributed by atoms with E-state index in [0.29, 0.717) is 33.5 Å². The molecule has 0 spiro atoms. The van der Waals surface area contributed by atoms with Crippen LogP contribution in [0.1, 0.15) is 34.5 Å². The van der Waals surface area contributed by atoms with Gasteiger partial charge in [-0.3, -0.25) is 0 Å². The molecule has 1 fully saturated rings. The van der Waals surface area contributed by atoms with E-state index in [2.05, 4.69) is 0 Å². The molecule has 0 atom stereocenters. The maximum atomic E-state index is 8.71. The van der Waals surface area contributed by atoms with E-state index in [0.717, 1.165) is 27.0 Å². The van der Waals surface area contributed by atoms with Crippen LogP contribution in [0.3, 0.4) is 0 Å². The van der Waals surface area contributed by atoms with E-state index in [4.69, 9.17) is 39.9 Å². The van der Waals surface area contributed by atoms with Gasteiger partial charge >= 0.3 is 7.12 Å². The van der Waals surface area contributed by atoms with E-state index in [9.17, 15) is 0 Å². The number of rotatable bonds is 4. The van der Waals surface area contributed by atoms with Gasteiger partial charge in [0.1, 0.15) is 22.3 Å². The molecule has 5 aromatic carbocycles. The summed E-state index contributed by atoms with van der Waals surface area (Å²) in [6, 6.07) is 22.5. The van der Waals surface area contributed by atoms with Crippen LogP contribution in [0.25, 0.3) is 78.0 Å². The average Bonchev–Trinajstić information content (AvgIpc) is 3.76. The van der Waals surface area contributed by atoms with Crippen molar-refractivity contribution in [1.82, 2.24) is 15.0 Å². The van der Waals surface area contributed by atoms with Crippen LogP contribution in [-0.4, -0.2) is 33.3 Å². The fourth-order valence-corrected chi connectivity index (χ4v) is 6.12. The molecule has 0 radical (unpaired) electrons. The molecule has 47 heavy (non-hydrogen) atoms. The van der Waals surface area contributed by atoms with Crippen LogP contribution in [0.5, 0.6) is 0 Å². The number of hydrogen-bond donors (Lipinski definition) is 0. The number of aromatic nitrogens is 3. The Morgan fingerprint density at radius 1 is 0.574 bits per heavy atom. The van der Waals surface area contributed by atoms with E-state index >= 15 is 0 Å². The van der Waals surface area contributed by atoms with Gasteiger partial charge in [0.25, 0.3) is 0 Å². The van der Waals surface area contributed by atoms with Gasteiger partial charge in [-0.2, -0.15) is 0 Å². The summed E-state index contributed by atoms with van der Waals surface area (Å²) in [6.07, 6.45) is 0. The van der Waals surface area contributed by atoms with Crippen molar-refractivity contribution in [2.75, 3.05) is 0 Å². The lowest BCUT2D eigenvalue weighted by atomic mass is 9.78. The predicted molar refractivity (Wildman–Crippen MR) is 186 cm³/mol. The van der Waals surface area contributed by atoms with Gasteiger partial charge in [-0.1, -0.05) is 78.7 Å². The van der Waals surface area contributed by atoms with Crippen molar-refractivity contribution in [3.05, 3.63) is 109 Å². The van der Waals surface area contributed by atoms with Gasteiger partial charge < -0.3 is 18.1 Å². The quantitative estimate of drug-likeness (QED) is 0.182. The van der Waals surface area contributed by atoms with Gasteiger partial charge in [-0.25, -0.2) is 15.0 Å². The molecule has 0 N–H and O–H groups in total. The summed E-state index contributed by atoms with van der Waals surface area (Å²) in [7, 11) is -0.529. The summed E-state index contributed by atoms with van der Waals surface area (Å²) in [6.45, 7) is 8.09. The number of fused-ring (bicyclic) bond motifs is 6. The van der Waals surface area contributed by atoms with Gasteiger partial charge in [0.15, 0.2) is 17.5 Å². The van der Waals surface area contributed by atoms with Gasteiger partial charge in [0, 0.05) is 38.2 Å². The number of nitrogens with zero attached hydrogens (tertiary/aromatic N) is 3. The Bertz CT molecular complexity index is 2750. The smallest absolute Gasteiger partial charge is 0.456 e. The highest BCUT2D eigenvalue weighted by atomic mass is 16.7. The standard InChI is InChI=1S/C39H30BN3O4/c1-38(2)39(3,4)47-40(46-38)25-18-20-31-29(22-25)26-19-17-24(21-33(26)45-31)36-41-35(23-11-6-5-7-12-23)42-37(43-36)28-14-10-16-32-34(28)27-13-8-9-15-30(27)44-32/h5-22H,1-4H3/i5D,6D,7D,11D,12D. The second kappa shape index (κ2) is 10.1. The summed E-state index contributed by atoms with van der Waals surface area (Å²) in [4.78, 5) is 14.4. The molecular weight excluding hydrogens is 585 g/mol. The lowest BCUT2D eigenvalue weighted by molar-refractivity contribution is 0.00578. The van der Waals surface area contributed by atoms with Crippen LogP contribution in [0.15, 0.2) is 118 Å². The van der Waals surface area contributed by atoms with E-state index in [1.54, 1.807) is 0 Å². The molecule has 1 aliphatic heterocycles. The summed E-state index contributed by atoms with van der Waals surface area (Å²) in [5.41, 5.74) is 3.62. The molecule has 1 aliphatic rings. The Balaban J connectivity index is 1.23. The van der Waals surface area contributed by atoms with Crippen LogP contribution < -0.4 is 5.46 Å². The summed E-state index contributed by atoms with van der Waals surface area (Å²) >= 11 is 0. The van der Waals surface area contributed by atoms with Crippen molar-refractivity contribution in [1.29, 1.82) is 0 Å². The molecule has 228 valence electrons. The van der Waals surface area contributed by atoms with Gasteiger partial charge in [-0.05, 0) is 63.5 Å². The largest absolute Gasteiger partial charge is 0.494 e. The third-order valence-electron chi connectivity index (χ3n) is 9.28. The molecule has 9 rings (SSSR count). The van der Waals surface area contributed by atoms with E-state index in [1.807, 2.05) is 107 Å². The zero-order valence-corrected chi connectivity index (χ0v) is 26.1. The first-order valence-electron chi connectivity index (χ1n) is 17.9. The number of benzene rings is 5. The zero-order chi connectivity index (χ0) is 36.3. The summed E-state index contributed by atoms with van der Waals surface area (Å²) < 4.78 is 67.3. The SMILES string of the molecule is [2H]c1c([2H])c([2H])c(-c2nc(-c3ccc4c(c3)oc3ccc(B5OC(C)(C)C(C)(C)O5)cc34)nc(-c3cccc4oc5ccccc5c34)n2)c([2H])c1[2H]. The van der Waals surface area contributed by atoms with Gasteiger partial charge in [0.2, 0.25) is 0 Å². The molecule has 0 saturated carbocycles. The Morgan fingerprint density at radius 3 is 2.06 bits per heavy atom. The van der Waals surface area contributed by atoms with Crippen LogP contribution in [0, 0.1) is 0 Å². The Kier molecular flexibility index (Phi) is 4.96. The van der Waals surface area contributed by atoms with Crippen molar-refractivity contribution in [2.24, 2.45) is 0 Å². The minimum absolute atomic E-state index is 0.0569. The maximum absolute atomic E-state index is 8.71. The lowest BCUT2D eigenvalue weighted by Crippen LogP contribution is -2.41. The Hall–Kier alpha value is -5.31. The second-order valence-corrected chi connectivity index (χ2v) is 12.7. The first kappa shape index (κ1) is 23.1. The van der Waals surface area contributed by atoms with Crippen LogP contribution >= 0.6 is 0 Å². The summed E-state index contributed by atoms with van der Waals surface area (Å²) in [5, 5.41) is 3.41. The highest BCUT2D eigenvalue weighted by molar-refractivity contribution is 6.62. The molecule has 0 amide bonds. The first-order valence-corrected chi connectivity index (χ1v) is 15.4. The van der Waals surface area contributed by atoms with Crippen molar-refractivity contribution in [2.45, 2.75) is 38.9 Å². The zero-order valence-electron chi connectivity index (χ0n) is 31.1. The molecule has 4 heterocycles. The molecule has 1 saturated heterocycles. The van der Waals surface area contributed by atoms with Crippen LogP contribution in [0.4, 0.5) is 0 Å². The molecular formula is C39H30BN3O4. The minimum Gasteiger partial charge on any atom is -0.456 e. The van der Waals surface area contributed by atoms with Crippen molar-refractivity contribution >= 4 is 56.5 Å². The van der Waals surface area contributed by atoms with E-state index < -0.39 is 48.5 Å². The molecule has 3 aromatic heterocycles. The van der Waals surface area contributed by atoms with Gasteiger partial charge in [0.05, 0.1) is 18.1 Å². The van der Waals surface area contributed by atoms with Crippen LogP contribution in [-0.2, 0) is 9.31 Å². The predicted octanol–water partition coefficient (Wildman–Crippen LogP) is 8.97. The third-order valence-corrected chi connectivity index (χ3v) is 9.28. The monoisotopic (exact) mass is 620 g/mol. The average molecular weight is 621 g/mol. The molecule has 0 aliphatic carbocycles. The number of furan rings is 2. The highest BCUT2D eigenvalue weighted by Gasteiger charge is 2.51. The van der Waals surface area contributed by atoms with E-state index in [-0.39, 0.29) is 23.0 Å². The van der Waals surface area contributed by atoms with Crippen molar-refractivity contribution in [3.63, 3.8) is 0 Å². The molecule has 0 bridgehead atoms. The van der Waals surface area contributed by atoms with E-state index in [1.165, 1.54) is 0 Å². The third kappa shape index (κ3) is 4.47.